The van der Waals surface area contributed by atoms with Crippen LogP contribution in [0.1, 0.15) is 32.6 Å². The highest BCUT2D eigenvalue weighted by atomic mass is 127. The first-order valence-corrected chi connectivity index (χ1v) is 8.67. The third kappa shape index (κ3) is 6.02. The number of benzene rings is 1. The molecule has 0 saturated heterocycles. The van der Waals surface area contributed by atoms with Gasteiger partial charge in [-0.2, -0.15) is 0 Å². The Hall–Kier alpha value is -0.250. The van der Waals surface area contributed by atoms with Gasteiger partial charge in [0.15, 0.2) is 6.61 Å². The highest BCUT2D eigenvalue weighted by molar-refractivity contribution is 14.1. The van der Waals surface area contributed by atoms with Crippen molar-refractivity contribution >= 4 is 51.2 Å². The normalized spacial score (nSPS) is 10.3. The SMILES string of the molecule is CCCCCCOc1c(I)ccc(OCC(=O)O)c1I. The topological polar surface area (TPSA) is 55.8 Å². The Morgan fingerprint density at radius 3 is 2.60 bits per heavy atom. The third-order valence-electron chi connectivity index (χ3n) is 2.61. The number of carboxylic acids is 1. The van der Waals surface area contributed by atoms with Crippen molar-refractivity contribution in [3.63, 3.8) is 0 Å². The van der Waals surface area contributed by atoms with E-state index in [2.05, 4.69) is 52.1 Å². The van der Waals surface area contributed by atoms with Crippen LogP contribution in [0.15, 0.2) is 12.1 Å². The van der Waals surface area contributed by atoms with Crippen molar-refractivity contribution in [2.75, 3.05) is 13.2 Å². The predicted octanol–water partition coefficient (Wildman–Crippen LogP) is 4.32. The monoisotopic (exact) mass is 504 g/mol. The van der Waals surface area contributed by atoms with E-state index in [1.807, 2.05) is 6.07 Å². The lowest BCUT2D eigenvalue weighted by molar-refractivity contribution is -0.139. The summed E-state index contributed by atoms with van der Waals surface area (Å²) in [7, 11) is 0. The molecular weight excluding hydrogens is 486 g/mol. The highest BCUT2D eigenvalue weighted by Crippen LogP contribution is 2.34. The Morgan fingerprint density at radius 2 is 1.95 bits per heavy atom. The number of ether oxygens (including phenoxy) is 2. The van der Waals surface area contributed by atoms with Crippen LogP contribution in [-0.4, -0.2) is 24.3 Å². The van der Waals surface area contributed by atoms with E-state index in [1.165, 1.54) is 19.3 Å². The summed E-state index contributed by atoms with van der Waals surface area (Å²) < 4.78 is 12.9. The number of halogens is 2. The van der Waals surface area contributed by atoms with E-state index in [1.54, 1.807) is 6.07 Å². The van der Waals surface area contributed by atoms with Crippen LogP contribution in [0, 0.1) is 7.14 Å². The number of aliphatic carboxylic acids is 1. The molecule has 20 heavy (non-hydrogen) atoms. The molecular formula is C14H18I2O4. The average molecular weight is 504 g/mol. The average Bonchev–Trinajstić information content (AvgIpc) is 2.40. The van der Waals surface area contributed by atoms with Crippen molar-refractivity contribution < 1.29 is 19.4 Å². The van der Waals surface area contributed by atoms with Gasteiger partial charge in [0.25, 0.3) is 0 Å². The largest absolute Gasteiger partial charge is 0.491 e. The molecule has 0 aromatic heterocycles. The molecule has 0 fully saturated rings. The summed E-state index contributed by atoms with van der Waals surface area (Å²) >= 11 is 4.35. The zero-order chi connectivity index (χ0) is 15.0. The molecule has 0 saturated carbocycles. The summed E-state index contributed by atoms with van der Waals surface area (Å²) in [4.78, 5) is 10.5. The van der Waals surface area contributed by atoms with Gasteiger partial charge in [0.05, 0.1) is 13.7 Å². The molecule has 0 atom stereocenters. The molecule has 4 nitrogen and oxygen atoms in total. The molecule has 0 amide bonds. The zero-order valence-electron chi connectivity index (χ0n) is 11.3. The molecule has 1 rings (SSSR count). The minimum atomic E-state index is -0.985. The zero-order valence-corrected chi connectivity index (χ0v) is 15.6. The van der Waals surface area contributed by atoms with E-state index in [9.17, 15) is 4.79 Å². The molecule has 112 valence electrons. The Bertz CT molecular complexity index is 449. The quantitative estimate of drug-likeness (QED) is 0.403. The minimum absolute atomic E-state index is 0.341. The first kappa shape index (κ1) is 17.8. The smallest absolute Gasteiger partial charge is 0.341 e. The summed E-state index contributed by atoms with van der Waals surface area (Å²) in [5.74, 6) is 0.351. The Labute approximate surface area is 146 Å². The van der Waals surface area contributed by atoms with Crippen LogP contribution < -0.4 is 9.47 Å². The van der Waals surface area contributed by atoms with Crippen LogP contribution in [0.5, 0.6) is 11.5 Å². The summed E-state index contributed by atoms with van der Waals surface area (Å²) in [6, 6.07) is 3.65. The van der Waals surface area contributed by atoms with Crippen molar-refractivity contribution in [2.45, 2.75) is 32.6 Å². The number of unbranched alkanes of at least 4 members (excludes halogenated alkanes) is 3. The second-order valence-electron chi connectivity index (χ2n) is 4.28. The lowest BCUT2D eigenvalue weighted by Gasteiger charge is -2.13. The van der Waals surface area contributed by atoms with E-state index in [4.69, 9.17) is 14.6 Å². The van der Waals surface area contributed by atoms with Crippen LogP contribution in [0.4, 0.5) is 0 Å². The van der Waals surface area contributed by atoms with Crippen LogP contribution in [0.25, 0.3) is 0 Å². The van der Waals surface area contributed by atoms with Gasteiger partial charge in [-0.3, -0.25) is 0 Å². The molecule has 0 radical (unpaired) electrons. The van der Waals surface area contributed by atoms with Crippen LogP contribution in [-0.2, 0) is 4.79 Å². The second kappa shape index (κ2) is 9.64. The van der Waals surface area contributed by atoms with Crippen LogP contribution in [0.3, 0.4) is 0 Å². The van der Waals surface area contributed by atoms with Gasteiger partial charge >= 0.3 is 5.97 Å². The van der Waals surface area contributed by atoms with Gasteiger partial charge in [-0.05, 0) is 63.7 Å². The van der Waals surface area contributed by atoms with Crippen molar-refractivity contribution in [3.05, 3.63) is 19.3 Å². The standard InChI is InChI=1S/C14H18I2O4/c1-2-3-4-5-8-19-14-10(15)6-7-11(13(14)16)20-9-12(17)18/h6-7H,2-5,8-9H2,1H3,(H,17,18). The number of hydrogen-bond donors (Lipinski definition) is 1. The second-order valence-corrected chi connectivity index (χ2v) is 6.52. The highest BCUT2D eigenvalue weighted by Gasteiger charge is 2.13. The summed E-state index contributed by atoms with van der Waals surface area (Å²) in [5.41, 5.74) is 0. The third-order valence-corrected chi connectivity index (χ3v) is 4.48. The van der Waals surface area contributed by atoms with Gasteiger partial charge in [0.2, 0.25) is 0 Å². The van der Waals surface area contributed by atoms with Gasteiger partial charge in [-0.15, -0.1) is 0 Å². The fraction of sp³-hybridized carbons (Fsp3) is 0.500. The Morgan fingerprint density at radius 1 is 1.20 bits per heavy atom. The maximum absolute atomic E-state index is 10.5. The molecule has 1 aromatic rings. The number of carbonyl (C=O) groups is 1. The predicted molar refractivity (Wildman–Crippen MR) is 94.6 cm³/mol. The Kier molecular flexibility index (Phi) is 8.58. The Balaban J connectivity index is 2.64. The van der Waals surface area contributed by atoms with Crippen LogP contribution >= 0.6 is 45.2 Å². The molecule has 0 aliphatic carbocycles. The molecule has 0 spiro atoms. The number of carboxylic acid groups (broad SMARTS) is 1. The lowest BCUT2D eigenvalue weighted by Crippen LogP contribution is -2.11. The summed E-state index contributed by atoms with van der Waals surface area (Å²) in [6.45, 7) is 2.51. The lowest BCUT2D eigenvalue weighted by atomic mass is 10.2. The molecule has 1 aromatic carbocycles. The van der Waals surface area contributed by atoms with E-state index in [-0.39, 0.29) is 6.61 Å². The van der Waals surface area contributed by atoms with Gasteiger partial charge in [0, 0.05) is 0 Å². The van der Waals surface area contributed by atoms with Crippen molar-refractivity contribution in [2.24, 2.45) is 0 Å². The molecule has 0 bridgehead atoms. The summed E-state index contributed by atoms with van der Waals surface area (Å²) in [5, 5.41) is 8.65. The fourth-order valence-electron chi connectivity index (χ4n) is 1.60. The van der Waals surface area contributed by atoms with E-state index in [0.717, 1.165) is 19.3 Å². The number of hydrogen-bond acceptors (Lipinski definition) is 3. The fourth-order valence-corrected chi connectivity index (χ4v) is 3.50. The van der Waals surface area contributed by atoms with Gasteiger partial charge < -0.3 is 14.6 Å². The molecule has 1 N–H and O–H groups in total. The molecule has 0 aliphatic heterocycles. The molecule has 0 aliphatic rings. The van der Waals surface area contributed by atoms with E-state index < -0.39 is 5.97 Å². The first-order chi connectivity index (χ1) is 9.56. The maximum Gasteiger partial charge on any atom is 0.341 e. The van der Waals surface area contributed by atoms with Gasteiger partial charge in [-0.25, -0.2) is 4.79 Å². The molecule has 0 unspecified atom stereocenters. The van der Waals surface area contributed by atoms with Crippen molar-refractivity contribution in [1.82, 2.24) is 0 Å². The van der Waals surface area contributed by atoms with E-state index >= 15 is 0 Å². The van der Waals surface area contributed by atoms with E-state index in [0.29, 0.717) is 12.4 Å². The first-order valence-electron chi connectivity index (χ1n) is 6.51. The van der Waals surface area contributed by atoms with Crippen molar-refractivity contribution in [1.29, 1.82) is 0 Å². The van der Waals surface area contributed by atoms with Crippen LogP contribution in [0.2, 0.25) is 0 Å². The van der Waals surface area contributed by atoms with Gasteiger partial charge in [-0.1, -0.05) is 26.2 Å². The number of rotatable bonds is 9. The molecule has 0 heterocycles. The summed E-state index contributed by atoms with van der Waals surface area (Å²) in [6.07, 6.45) is 4.62. The maximum atomic E-state index is 10.5. The van der Waals surface area contributed by atoms with Crippen molar-refractivity contribution in [3.8, 4) is 11.5 Å². The molecule has 6 heteroatoms. The van der Waals surface area contributed by atoms with Gasteiger partial charge in [0.1, 0.15) is 11.5 Å². The minimum Gasteiger partial charge on any atom is -0.491 e.